The fourth-order valence-corrected chi connectivity index (χ4v) is 3.24. The summed E-state index contributed by atoms with van der Waals surface area (Å²) in [6, 6.07) is 1.99. The Morgan fingerprint density at radius 1 is 1.12 bits per heavy atom. The zero-order chi connectivity index (χ0) is 17.8. The molecule has 0 unspecified atom stereocenters. The molecule has 3 rings (SSSR count). The van der Waals surface area contributed by atoms with E-state index in [0.717, 1.165) is 39.1 Å². The van der Waals surface area contributed by atoms with Gasteiger partial charge in [-0.05, 0) is 33.3 Å². The fraction of sp³-hybridized carbons (Fsp3) is 0.611. The van der Waals surface area contributed by atoms with E-state index >= 15 is 0 Å². The van der Waals surface area contributed by atoms with Crippen LogP contribution in [0.1, 0.15) is 44.8 Å². The number of rotatable bonds is 5. The number of hydrogen-bond acceptors (Lipinski definition) is 4. The van der Waals surface area contributed by atoms with Gasteiger partial charge in [0, 0.05) is 62.9 Å². The number of amides is 1. The number of carbonyl (C=O) groups is 1. The second kappa shape index (κ2) is 7.82. The molecular weight excluding hydrogens is 316 g/mol. The van der Waals surface area contributed by atoms with Crippen LogP contribution in [0.15, 0.2) is 30.9 Å². The van der Waals surface area contributed by atoms with Gasteiger partial charge in [0.1, 0.15) is 6.04 Å². The Morgan fingerprint density at radius 2 is 1.96 bits per heavy atom. The topological polar surface area (TPSA) is 59.2 Å². The van der Waals surface area contributed by atoms with Gasteiger partial charge in [-0.15, -0.1) is 0 Å². The monoisotopic (exact) mass is 344 g/mol. The molecular formula is C18H28N6O. The van der Waals surface area contributed by atoms with Crippen LogP contribution in [0.4, 0.5) is 0 Å². The van der Waals surface area contributed by atoms with Crippen molar-refractivity contribution in [2.24, 2.45) is 0 Å². The number of hydrogen-bond donors (Lipinski definition) is 0. The van der Waals surface area contributed by atoms with Crippen LogP contribution >= 0.6 is 0 Å². The summed E-state index contributed by atoms with van der Waals surface area (Å²) in [6.45, 7) is 10.5. The quantitative estimate of drug-likeness (QED) is 0.832. The van der Waals surface area contributed by atoms with E-state index in [2.05, 4.69) is 35.1 Å². The van der Waals surface area contributed by atoms with Gasteiger partial charge in [0.25, 0.3) is 0 Å². The molecule has 0 radical (unpaired) electrons. The number of aromatic nitrogens is 4. The van der Waals surface area contributed by atoms with E-state index < -0.39 is 0 Å². The lowest BCUT2D eigenvalue weighted by Gasteiger charge is -2.24. The molecule has 1 amide bonds. The average molecular weight is 344 g/mol. The summed E-state index contributed by atoms with van der Waals surface area (Å²) in [5.74, 6) is 0.151. The largest absolute Gasteiger partial charge is 0.340 e. The van der Waals surface area contributed by atoms with Crippen LogP contribution in [0, 0.1) is 0 Å². The normalized spacial score (nSPS) is 17.7. The van der Waals surface area contributed by atoms with Gasteiger partial charge in [-0.2, -0.15) is 10.2 Å². The summed E-state index contributed by atoms with van der Waals surface area (Å²) >= 11 is 0. The highest BCUT2D eigenvalue weighted by Gasteiger charge is 2.24. The minimum absolute atomic E-state index is 0.151. The molecule has 7 heteroatoms. The maximum absolute atomic E-state index is 12.7. The summed E-state index contributed by atoms with van der Waals surface area (Å²) < 4.78 is 3.72. The van der Waals surface area contributed by atoms with E-state index in [1.165, 1.54) is 5.56 Å². The van der Waals surface area contributed by atoms with Crippen molar-refractivity contribution in [3.8, 4) is 0 Å². The second-order valence-electron chi connectivity index (χ2n) is 7.04. The van der Waals surface area contributed by atoms with Gasteiger partial charge in [-0.25, -0.2) is 0 Å². The molecule has 136 valence electrons. The molecule has 7 nitrogen and oxygen atoms in total. The van der Waals surface area contributed by atoms with Gasteiger partial charge in [-0.1, -0.05) is 0 Å². The molecule has 25 heavy (non-hydrogen) atoms. The van der Waals surface area contributed by atoms with Crippen molar-refractivity contribution in [3.63, 3.8) is 0 Å². The molecule has 1 atom stereocenters. The van der Waals surface area contributed by atoms with E-state index in [4.69, 9.17) is 0 Å². The summed E-state index contributed by atoms with van der Waals surface area (Å²) in [5, 5.41) is 8.61. The molecule has 1 fully saturated rings. The molecule has 0 aliphatic carbocycles. The third-order valence-electron chi connectivity index (χ3n) is 4.77. The zero-order valence-corrected chi connectivity index (χ0v) is 15.4. The molecule has 1 aliphatic rings. The van der Waals surface area contributed by atoms with Crippen molar-refractivity contribution in [2.75, 3.05) is 26.2 Å². The predicted molar refractivity (Wildman–Crippen MR) is 96.0 cm³/mol. The molecule has 2 aromatic heterocycles. The number of nitrogens with zero attached hydrogens (tertiary/aromatic N) is 6. The van der Waals surface area contributed by atoms with Crippen molar-refractivity contribution in [2.45, 2.75) is 45.8 Å². The first-order valence-electron chi connectivity index (χ1n) is 9.08. The highest BCUT2D eigenvalue weighted by molar-refractivity contribution is 5.80. The third-order valence-corrected chi connectivity index (χ3v) is 4.77. The van der Waals surface area contributed by atoms with E-state index in [9.17, 15) is 4.79 Å². The van der Waals surface area contributed by atoms with E-state index in [-0.39, 0.29) is 11.9 Å². The van der Waals surface area contributed by atoms with E-state index in [1.807, 2.05) is 35.0 Å². The standard InChI is InChI=1S/C18H28N6O/c1-15(2)24-14-17(12-20-24)13-21-7-5-8-22(11-10-21)18(25)16(3)23-9-4-6-19-23/h4,6,9,12,14-16H,5,7-8,10-11,13H2,1-3H3/t16-/m0/s1. The Bertz CT molecular complexity index is 678. The summed E-state index contributed by atoms with van der Waals surface area (Å²) in [4.78, 5) is 17.1. The first-order valence-corrected chi connectivity index (χ1v) is 9.08. The highest BCUT2D eigenvalue weighted by Crippen LogP contribution is 2.14. The van der Waals surface area contributed by atoms with Crippen LogP contribution in [0.5, 0.6) is 0 Å². The molecule has 0 N–H and O–H groups in total. The minimum atomic E-state index is -0.245. The smallest absolute Gasteiger partial charge is 0.247 e. The lowest BCUT2D eigenvalue weighted by molar-refractivity contribution is -0.134. The lowest BCUT2D eigenvalue weighted by Crippen LogP contribution is -2.39. The van der Waals surface area contributed by atoms with Crippen LogP contribution in [0.3, 0.4) is 0 Å². The zero-order valence-electron chi connectivity index (χ0n) is 15.4. The van der Waals surface area contributed by atoms with Crippen molar-refractivity contribution < 1.29 is 4.79 Å². The molecule has 0 saturated carbocycles. The molecule has 3 heterocycles. The highest BCUT2D eigenvalue weighted by atomic mass is 16.2. The summed E-state index contributed by atoms with van der Waals surface area (Å²) in [7, 11) is 0. The van der Waals surface area contributed by atoms with E-state index in [0.29, 0.717) is 6.04 Å². The minimum Gasteiger partial charge on any atom is -0.340 e. The Balaban J connectivity index is 1.55. The van der Waals surface area contributed by atoms with Crippen molar-refractivity contribution >= 4 is 5.91 Å². The van der Waals surface area contributed by atoms with Crippen molar-refractivity contribution in [1.29, 1.82) is 0 Å². The van der Waals surface area contributed by atoms with Gasteiger partial charge in [-0.3, -0.25) is 19.1 Å². The maximum Gasteiger partial charge on any atom is 0.247 e. The maximum atomic E-state index is 12.7. The van der Waals surface area contributed by atoms with Gasteiger partial charge >= 0.3 is 0 Å². The Kier molecular flexibility index (Phi) is 5.53. The SMILES string of the molecule is CC(C)n1cc(CN2CCCN(C(=O)[C@H](C)n3cccn3)CC2)cn1. The molecule has 0 bridgehead atoms. The molecule has 1 saturated heterocycles. The van der Waals surface area contributed by atoms with Crippen molar-refractivity contribution in [3.05, 3.63) is 36.4 Å². The van der Waals surface area contributed by atoms with Crippen LogP contribution in [-0.2, 0) is 11.3 Å². The van der Waals surface area contributed by atoms with Gasteiger partial charge < -0.3 is 4.90 Å². The molecule has 1 aliphatic heterocycles. The molecule has 0 spiro atoms. The Morgan fingerprint density at radius 3 is 2.64 bits per heavy atom. The Hall–Kier alpha value is -2.15. The number of carbonyl (C=O) groups excluding carboxylic acids is 1. The van der Waals surface area contributed by atoms with Crippen molar-refractivity contribution in [1.82, 2.24) is 29.4 Å². The van der Waals surface area contributed by atoms with Crippen LogP contribution in [0.2, 0.25) is 0 Å². The predicted octanol–water partition coefficient (Wildman–Crippen LogP) is 1.96. The third kappa shape index (κ3) is 4.28. The summed E-state index contributed by atoms with van der Waals surface area (Å²) in [5.41, 5.74) is 1.23. The van der Waals surface area contributed by atoms with Gasteiger partial charge in [0.15, 0.2) is 0 Å². The Labute approximate surface area is 149 Å². The first-order chi connectivity index (χ1) is 12.0. The van der Waals surface area contributed by atoms with Crippen LogP contribution in [-0.4, -0.2) is 61.4 Å². The van der Waals surface area contributed by atoms with Crippen LogP contribution < -0.4 is 0 Å². The lowest BCUT2D eigenvalue weighted by atomic mass is 10.2. The van der Waals surface area contributed by atoms with E-state index in [1.54, 1.807) is 10.9 Å². The second-order valence-corrected chi connectivity index (χ2v) is 7.04. The average Bonchev–Trinajstić information content (AvgIpc) is 3.23. The van der Waals surface area contributed by atoms with Crippen LogP contribution in [0.25, 0.3) is 0 Å². The summed E-state index contributed by atoms with van der Waals surface area (Å²) in [6.07, 6.45) is 8.63. The van der Waals surface area contributed by atoms with Gasteiger partial charge in [0.2, 0.25) is 5.91 Å². The molecule has 0 aromatic carbocycles. The first kappa shape index (κ1) is 17.7. The molecule has 2 aromatic rings. The fourth-order valence-electron chi connectivity index (χ4n) is 3.24. The van der Waals surface area contributed by atoms with Gasteiger partial charge in [0.05, 0.1) is 6.20 Å².